The van der Waals surface area contributed by atoms with Gasteiger partial charge in [0.15, 0.2) is 5.82 Å². The van der Waals surface area contributed by atoms with Gasteiger partial charge in [-0.1, -0.05) is 29.8 Å². The summed E-state index contributed by atoms with van der Waals surface area (Å²) in [5, 5.41) is 5.00. The van der Waals surface area contributed by atoms with E-state index in [2.05, 4.69) is 9.97 Å². The van der Waals surface area contributed by atoms with E-state index in [0.717, 1.165) is 16.0 Å². The highest BCUT2D eigenvalue weighted by atomic mass is 35.5. The molecule has 0 amide bonds. The number of benzene rings is 1. The van der Waals surface area contributed by atoms with Gasteiger partial charge in [0.05, 0.1) is 10.4 Å². The summed E-state index contributed by atoms with van der Waals surface area (Å²) in [5.74, 6) is 0.387. The van der Waals surface area contributed by atoms with Crippen LogP contribution < -0.4 is 5.56 Å². The molecular formula is C19H13ClN2OS3. The lowest BCUT2D eigenvalue weighted by molar-refractivity contribution is 1.14. The second kappa shape index (κ2) is 7.40. The van der Waals surface area contributed by atoms with Gasteiger partial charge in [-0.3, -0.25) is 4.79 Å². The van der Waals surface area contributed by atoms with Gasteiger partial charge in [-0.2, -0.15) is 0 Å². The van der Waals surface area contributed by atoms with Crippen molar-refractivity contribution >= 4 is 67.4 Å². The average Bonchev–Trinajstić information content (AvgIpc) is 3.31. The maximum atomic E-state index is 12.6. The Kier molecular flexibility index (Phi) is 5.00. The smallest absolute Gasteiger partial charge is 0.260 e. The van der Waals surface area contributed by atoms with E-state index in [0.29, 0.717) is 21.1 Å². The van der Waals surface area contributed by atoms with E-state index in [4.69, 9.17) is 11.6 Å². The highest BCUT2D eigenvalue weighted by molar-refractivity contribution is 7.98. The Morgan fingerprint density at radius 2 is 2.04 bits per heavy atom. The van der Waals surface area contributed by atoms with Crippen LogP contribution in [0, 0.1) is 0 Å². The molecule has 0 unspecified atom stereocenters. The molecule has 4 aromatic rings. The highest BCUT2D eigenvalue weighted by Gasteiger charge is 2.14. The number of aromatic amines is 1. The first-order valence-electron chi connectivity index (χ1n) is 7.73. The van der Waals surface area contributed by atoms with Gasteiger partial charge in [0, 0.05) is 20.7 Å². The van der Waals surface area contributed by atoms with E-state index in [1.54, 1.807) is 23.1 Å². The Bertz CT molecular complexity index is 1140. The predicted octanol–water partition coefficient (Wildman–Crippen LogP) is 6.17. The fraction of sp³-hybridized carbons (Fsp3) is 0.0526. The molecule has 0 saturated carbocycles. The molecule has 0 bridgehead atoms. The number of H-pyrrole nitrogens is 1. The maximum Gasteiger partial charge on any atom is 0.260 e. The first kappa shape index (κ1) is 17.5. The van der Waals surface area contributed by atoms with Crippen LogP contribution in [-0.4, -0.2) is 16.2 Å². The summed E-state index contributed by atoms with van der Waals surface area (Å²) in [5.41, 5.74) is 1.72. The molecule has 0 aliphatic carbocycles. The Hall–Kier alpha value is -1.86. The first-order valence-corrected chi connectivity index (χ1v) is 11.1. The summed E-state index contributed by atoms with van der Waals surface area (Å²) in [7, 11) is 0. The van der Waals surface area contributed by atoms with Crippen LogP contribution in [0.25, 0.3) is 31.8 Å². The number of hydrogen-bond acceptors (Lipinski definition) is 5. The molecule has 130 valence electrons. The van der Waals surface area contributed by atoms with Crippen LogP contribution >= 0.6 is 46.0 Å². The summed E-state index contributed by atoms with van der Waals surface area (Å²) in [4.78, 5) is 23.0. The van der Waals surface area contributed by atoms with Crippen LogP contribution in [0.15, 0.2) is 56.8 Å². The lowest BCUT2D eigenvalue weighted by Crippen LogP contribution is -2.10. The van der Waals surface area contributed by atoms with Gasteiger partial charge >= 0.3 is 0 Å². The van der Waals surface area contributed by atoms with E-state index in [9.17, 15) is 4.79 Å². The number of rotatable bonds is 4. The lowest BCUT2D eigenvalue weighted by Gasteiger charge is -2.02. The molecule has 7 heteroatoms. The van der Waals surface area contributed by atoms with Gasteiger partial charge in [0.25, 0.3) is 5.56 Å². The molecular weight excluding hydrogens is 404 g/mol. The van der Waals surface area contributed by atoms with Gasteiger partial charge in [-0.15, -0.1) is 34.4 Å². The number of hydrogen-bond donors (Lipinski definition) is 1. The normalized spacial score (nSPS) is 12.0. The molecule has 3 aromatic heterocycles. The third-order valence-corrected chi connectivity index (χ3v) is 6.67. The zero-order chi connectivity index (χ0) is 18.1. The third-order valence-electron chi connectivity index (χ3n) is 3.87. The van der Waals surface area contributed by atoms with Crippen LogP contribution in [0.2, 0.25) is 0 Å². The topological polar surface area (TPSA) is 45.8 Å². The van der Waals surface area contributed by atoms with Crippen molar-refractivity contribution in [3.05, 3.63) is 68.9 Å². The second-order valence-electron chi connectivity index (χ2n) is 5.49. The van der Waals surface area contributed by atoms with Crippen molar-refractivity contribution in [3.63, 3.8) is 0 Å². The SMILES string of the molecule is CSc1ccc(/C=C(\Cl)c2nc3scc(-c4cccs4)c3c(=O)[nH]2)cc1. The summed E-state index contributed by atoms with van der Waals surface area (Å²) in [6.45, 7) is 0. The largest absolute Gasteiger partial charge is 0.305 e. The van der Waals surface area contributed by atoms with E-state index >= 15 is 0 Å². The Labute approximate surface area is 167 Å². The molecule has 0 atom stereocenters. The van der Waals surface area contributed by atoms with Gasteiger partial charge < -0.3 is 4.98 Å². The van der Waals surface area contributed by atoms with Crippen LogP contribution in [-0.2, 0) is 0 Å². The Morgan fingerprint density at radius 1 is 1.23 bits per heavy atom. The van der Waals surface area contributed by atoms with Gasteiger partial charge in [0.2, 0.25) is 0 Å². The minimum absolute atomic E-state index is 0.168. The predicted molar refractivity (Wildman–Crippen MR) is 116 cm³/mol. The van der Waals surface area contributed by atoms with Crippen LogP contribution in [0.1, 0.15) is 11.4 Å². The number of thioether (sulfide) groups is 1. The molecule has 0 fully saturated rings. The Morgan fingerprint density at radius 3 is 2.73 bits per heavy atom. The molecule has 0 aliphatic rings. The van der Waals surface area contributed by atoms with Crippen molar-refractivity contribution in [2.45, 2.75) is 4.90 Å². The molecule has 1 N–H and O–H groups in total. The number of nitrogens with zero attached hydrogens (tertiary/aromatic N) is 1. The molecule has 0 saturated heterocycles. The van der Waals surface area contributed by atoms with E-state index in [-0.39, 0.29) is 5.56 Å². The van der Waals surface area contributed by atoms with Crippen molar-refractivity contribution in [2.24, 2.45) is 0 Å². The summed E-state index contributed by atoms with van der Waals surface area (Å²) < 4.78 is 0. The number of aromatic nitrogens is 2. The van der Waals surface area contributed by atoms with E-state index in [1.165, 1.54) is 16.2 Å². The van der Waals surface area contributed by atoms with Crippen molar-refractivity contribution in [1.82, 2.24) is 9.97 Å². The summed E-state index contributed by atoms with van der Waals surface area (Å²) in [6.07, 6.45) is 3.84. The molecule has 0 spiro atoms. The molecule has 26 heavy (non-hydrogen) atoms. The number of nitrogens with one attached hydrogen (secondary N) is 1. The molecule has 3 heterocycles. The molecule has 3 nitrogen and oxygen atoms in total. The van der Waals surface area contributed by atoms with Crippen LogP contribution in [0.3, 0.4) is 0 Å². The van der Waals surface area contributed by atoms with Crippen molar-refractivity contribution in [1.29, 1.82) is 0 Å². The number of fused-ring (bicyclic) bond motifs is 1. The van der Waals surface area contributed by atoms with Crippen molar-refractivity contribution < 1.29 is 0 Å². The fourth-order valence-corrected chi connectivity index (χ4v) is 4.98. The summed E-state index contributed by atoms with van der Waals surface area (Å²) >= 11 is 11.2. The van der Waals surface area contributed by atoms with Gasteiger partial charge in [-0.05, 0) is 41.5 Å². The second-order valence-corrected chi connectivity index (χ2v) is 8.58. The first-order chi connectivity index (χ1) is 12.7. The quantitative estimate of drug-likeness (QED) is 0.404. The van der Waals surface area contributed by atoms with Crippen LogP contribution in [0.4, 0.5) is 0 Å². The van der Waals surface area contributed by atoms with Gasteiger partial charge in [-0.25, -0.2) is 4.98 Å². The lowest BCUT2D eigenvalue weighted by atomic mass is 10.2. The standard InChI is InChI=1S/C19H13ClN2OS3/c1-24-12-6-4-11(5-7-12)9-14(20)17-21-18(23)16-13(10-26-19(16)22-17)15-3-2-8-25-15/h2-10H,1H3,(H,21,22,23)/b14-9-. The van der Waals surface area contributed by atoms with Crippen molar-refractivity contribution in [2.75, 3.05) is 6.26 Å². The number of halogens is 1. The van der Waals surface area contributed by atoms with Crippen molar-refractivity contribution in [3.8, 4) is 10.4 Å². The fourth-order valence-electron chi connectivity index (χ4n) is 2.59. The van der Waals surface area contributed by atoms with Crippen LogP contribution in [0.5, 0.6) is 0 Å². The molecule has 0 aliphatic heterocycles. The van der Waals surface area contributed by atoms with E-state index in [1.807, 2.05) is 59.5 Å². The molecule has 4 rings (SSSR count). The molecule has 0 radical (unpaired) electrons. The zero-order valence-corrected chi connectivity index (χ0v) is 16.9. The third kappa shape index (κ3) is 3.38. The Balaban J connectivity index is 1.75. The average molecular weight is 417 g/mol. The minimum Gasteiger partial charge on any atom is -0.305 e. The minimum atomic E-state index is -0.168. The summed E-state index contributed by atoms with van der Waals surface area (Å²) in [6, 6.07) is 12.0. The zero-order valence-electron chi connectivity index (χ0n) is 13.7. The highest BCUT2D eigenvalue weighted by Crippen LogP contribution is 2.34. The molecule has 1 aromatic carbocycles. The number of thiophene rings is 2. The monoisotopic (exact) mass is 416 g/mol. The maximum absolute atomic E-state index is 12.6. The van der Waals surface area contributed by atoms with E-state index < -0.39 is 0 Å². The van der Waals surface area contributed by atoms with Gasteiger partial charge in [0.1, 0.15) is 4.83 Å².